The van der Waals surface area contributed by atoms with E-state index in [4.69, 9.17) is 5.73 Å². The summed E-state index contributed by atoms with van der Waals surface area (Å²) in [5.41, 5.74) is 9.14. The monoisotopic (exact) mass is 505 g/mol. The number of carbonyl (C=O) groups is 3. The summed E-state index contributed by atoms with van der Waals surface area (Å²) >= 11 is 0. The molecular formula is C27H27N3O5S. The fourth-order valence-electron chi connectivity index (χ4n) is 4.35. The summed E-state index contributed by atoms with van der Waals surface area (Å²) < 4.78 is 25.0. The number of hydrogen-bond donors (Lipinski definition) is 2. The van der Waals surface area contributed by atoms with Gasteiger partial charge in [-0.25, -0.2) is 13.3 Å². The molecule has 1 aliphatic heterocycles. The fourth-order valence-corrected chi connectivity index (χ4v) is 5.62. The molecule has 2 atom stereocenters. The van der Waals surface area contributed by atoms with E-state index < -0.39 is 45.3 Å². The van der Waals surface area contributed by atoms with Crippen molar-refractivity contribution in [2.45, 2.75) is 37.1 Å². The molecule has 3 N–H and O–H groups in total. The molecule has 3 aromatic carbocycles. The minimum absolute atomic E-state index is 0.125. The zero-order valence-electron chi connectivity index (χ0n) is 20.0. The Morgan fingerprint density at radius 2 is 1.67 bits per heavy atom. The Kier molecular flexibility index (Phi) is 6.94. The van der Waals surface area contributed by atoms with E-state index in [9.17, 15) is 22.8 Å². The summed E-state index contributed by atoms with van der Waals surface area (Å²) in [6.07, 6.45) is -0.325. The van der Waals surface area contributed by atoms with Crippen molar-refractivity contribution in [2.24, 2.45) is 0 Å². The SMILES string of the molecule is CC1C(=O)N(C(=O)[C@H](C)NC(=O)CCS(=O)(=O)c2ccccc2)c2cccc(N)c2-c2ccccc21. The van der Waals surface area contributed by atoms with E-state index >= 15 is 0 Å². The smallest absolute Gasteiger partial charge is 0.256 e. The van der Waals surface area contributed by atoms with Crippen molar-refractivity contribution in [3.05, 3.63) is 78.4 Å². The van der Waals surface area contributed by atoms with E-state index in [0.29, 0.717) is 16.9 Å². The standard InChI is InChI=1S/C27H27N3O5S/c1-17-20-11-6-7-12-21(20)25-22(28)13-8-14-23(25)30(26(17)32)27(33)18(2)29-24(31)15-16-36(34,35)19-9-4-3-5-10-19/h3-14,17-18H,15-16,28H2,1-2H3,(H,29,31)/t17?,18-/m0/s1. The number of nitrogens with one attached hydrogen (secondary N) is 1. The van der Waals surface area contributed by atoms with Gasteiger partial charge >= 0.3 is 0 Å². The lowest BCUT2D eigenvalue weighted by Gasteiger charge is -2.26. The number of fused-ring (bicyclic) bond motifs is 3. The third-order valence-electron chi connectivity index (χ3n) is 6.27. The summed E-state index contributed by atoms with van der Waals surface area (Å²) in [5, 5.41) is 2.55. The summed E-state index contributed by atoms with van der Waals surface area (Å²) in [6.45, 7) is 3.19. The van der Waals surface area contributed by atoms with Crippen LogP contribution in [0.3, 0.4) is 0 Å². The second-order valence-corrected chi connectivity index (χ2v) is 10.8. The Morgan fingerprint density at radius 3 is 2.39 bits per heavy atom. The van der Waals surface area contributed by atoms with Gasteiger partial charge in [0.05, 0.1) is 22.3 Å². The van der Waals surface area contributed by atoms with Gasteiger partial charge in [0, 0.05) is 17.7 Å². The maximum atomic E-state index is 13.5. The zero-order valence-corrected chi connectivity index (χ0v) is 20.8. The zero-order chi connectivity index (χ0) is 26.0. The highest BCUT2D eigenvalue weighted by Crippen LogP contribution is 2.44. The van der Waals surface area contributed by atoms with E-state index in [1.165, 1.54) is 19.1 Å². The number of anilines is 2. The highest BCUT2D eigenvalue weighted by molar-refractivity contribution is 7.91. The topological polar surface area (TPSA) is 127 Å². The number of rotatable bonds is 6. The number of nitrogens with zero attached hydrogens (tertiary/aromatic N) is 1. The van der Waals surface area contributed by atoms with Crippen molar-refractivity contribution in [1.82, 2.24) is 5.32 Å². The van der Waals surface area contributed by atoms with Crippen molar-refractivity contribution < 1.29 is 22.8 Å². The molecule has 1 unspecified atom stereocenters. The molecule has 0 fully saturated rings. The molecule has 3 aromatic rings. The summed E-state index contributed by atoms with van der Waals surface area (Å²) in [5.74, 6) is -2.72. The van der Waals surface area contributed by atoms with Gasteiger partial charge in [-0.05, 0) is 49.2 Å². The highest BCUT2D eigenvalue weighted by atomic mass is 32.2. The molecule has 0 saturated heterocycles. The van der Waals surface area contributed by atoms with E-state index in [2.05, 4.69) is 5.32 Å². The first-order chi connectivity index (χ1) is 17.1. The minimum Gasteiger partial charge on any atom is -0.398 e. The van der Waals surface area contributed by atoms with Crippen LogP contribution in [-0.2, 0) is 24.2 Å². The number of amides is 3. The van der Waals surface area contributed by atoms with Crippen LogP contribution in [0.4, 0.5) is 11.4 Å². The van der Waals surface area contributed by atoms with Crippen molar-refractivity contribution in [3.63, 3.8) is 0 Å². The molecule has 0 radical (unpaired) electrons. The first-order valence-corrected chi connectivity index (χ1v) is 13.2. The van der Waals surface area contributed by atoms with Crippen LogP contribution >= 0.6 is 0 Å². The predicted octanol–water partition coefficient (Wildman–Crippen LogP) is 3.28. The number of nitrogen functional groups attached to an aromatic ring is 1. The molecule has 0 aliphatic carbocycles. The molecule has 1 heterocycles. The largest absolute Gasteiger partial charge is 0.398 e. The average molecular weight is 506 g/mol. The van der Waals surface area contributed by atoms with Gasteiger partial charge in [0.15, 0.2) is 9.84 Å². The van der Waals surface area contributed by atoms with Crippen molar-refractivity contribution in [2.75, 3.05) is 16.4 Å². The first-order valence-electron chi connectivity index (χ1n) is 11.5. The highest BCUT2D eigenvalue weighted by Gasteiger charge is 2.37. The van der Waals surface area contributed by atoms with Gasteiger partial charge in [-0.3, -0.25) is 14.4 Å². The summed E-state index contributed by atoms with van der Waals surface area (Å²) in [7, 11) is -3.65. The van der Waals surface area contributed by atoms with E-state index in [0.717, 1.165) is 16.0 Å². The fraction of sp³-hybridized carbons (Fsp3) is 0.222. The van der Waals surface area contributed by atoms with Crippen molar-refractivity contribution in [1.29, 1.82) is 0 Å². The second-order valence-electron chi connectivity index (χ2n) is 8.73. The van der Waals surface area contributed by atoms with Crippen LogP contribution in [0.5, 0.6) is 0 Å². The number of hydrogen-bond acceptors (Lipinski definition) is 6. The number of nitrogens with two attached hydrogens (primary N) is 1. The Hall–Kier alpha value is -3.98. The normalized spacial score (nSPS) is 15.9. The molecule has 0 spiro atoms. The maximum absolute atomic E-state index is 13.5. The molecule has 36 heavy (non-hydrogen) atoms. The Balaban J connectivity index is 1.56. The summed E-state index contributed by atoms with van der Waals surface area (Å²) in [4.78, 5) is 40.8. The number of benzene rings is 3. The van der Waals surface area contributed by atoms with Crippen LogP contribution in [0, 0.1) is 0 Å². The average Bonchev–Trinajstić information content (AvgIpc) is 2.96. The maximum Gasteiger partial charge on any atom is 0.256 e. The molecule has 0 saturated carbocycles. The predicted molar refractivity (Wildman–Crippen MR) is 138 cm³/mol. The lowest BCUT2D eigenvalue weighted by atomic mass is 9.92. The van der Waals surface area contributed by atoms with Crippen LogP contribution in [-0.4, -0.2) is 37.9 Å². The molecule has 8 nitrogen and oxygen atoms in total. The van der Waals surface area contributed by atoms with Gasteiger partial charge in [0.25, 0.3) is 5.91 Å². The van der Waals surface area contributed by atoms with E-state index in [1.807, 2.05) is 24.3 Å². The Morgan fingerprint density at radius 1 is 1.00 bits per heavy atom. The Bertz CT molecular complexity index is 1440. The van der Waals surface area contributed by atoms with Gasteiger partial charge in [0.2, 0.25) is 11.8 Å². The van der Waals surface area contributed by atoms with Gasteiger partial charge in [-0.1, -0.05) is 48.5 Å². The van der Waals surface area contributed by atoms with Crippen molar-refractivity contribution in [3.8, 4) is 11.1 Å². The quantitative estimate of drug-likeness (QED) is 0.495. The van der Waals surface area contributed by atoms with Crippen molar-refractivity contribution >= 4 is 38.9 Å². The van der Waals surface area contributed by atoms with Gasteiger partial charge in [-0.15, -0.1) is 0 Å². The first kappa shape index (κ1) is 25.1. The molecular weight excluding hydrogens is 478 g/mol. The minimum atomic E-state index is -3.65. The van der Waals surface area contributed by atoms with Gasteiger partial charge < -0.3 is 11.1 Å². The molecule has 3 amide bonds. The Labute approximate surface area is 210 Å². The third-order valence-corrected chi connectivity index (χ3v) is 8.00. The van der Waals surface area contributed by atoms with Crippen LogP contribution < -0.4 is 16.0 Å². The van der Waals surface area contributed by atoms with Crippen LogP contribution in [0.15, 0.2) is 77.7 Å². The number of imide groups is 1. The van der Waals surface area contributed by atoms with Gasteiger partial charge in [-0.2, -0.15) is 0 Å². The molecule has 4 rings (SSSR count). The van der Waals surface area contributed by atoms with E-state index in [1.54, 1.807) is 43.3 Å². The molecule has 1 aliphatic rings. The third kappa shape index (κ3) is 4.74. The number of carbonyl (C=O) groups excluding carboxylic acids is 3. The molecule has 186 valence electrons. The van der Waals surface area contributed by atoms with Gasteiger partial charge in [0.1, 0.15) is 6.04 Å². The summed E-state index contributed by atoms with van der Waals surface area (Å²) in [6, 6.07) is 19.2. The lowest BCUT2D eigenvalue weighted by molar-refractivity contribution is -0.131. The molecule has 0 aromatic heterocycles. The number of sulfone groups is 1. The van der Waals surface area contributed by atoms with Crippen LogP contribution in [0.1, 0.15) is 31.7 Å². The van der Waals surface area contributed by atoms with Crippen LogP contribution in [0.2, 0.25) is 0 Å². The van der Waals surface area contributed by atoms with E-state index in [-0.39, 0.29) is 11.3 Å². The second kappa shape index (κ2) is 9.94. The lowest BCUT2D eigenvalue weighted by Crippen LogP contribution is -2.50. The molecule has 9 heteroatoms. The van der Waals surface area contributed by atoms with Crippen LogP contribution in [0.25, 0.3) is 11.1 Å². The molecule has 0 bridgehead atoms.